The molecule has 6 heteroatoms. The van der Waals surface area contributed by atoms with Crippen LogP contribution in [0.25, 0.3) is 0 Å². The minimum absolute atomic E-state index is 0.124. The molecule has 0 aliphatic carbocycles. The topological polar surface area (TPSA) is 59.3 Å². The number of rotatable bonds is 5. The van der Waals surface area contributed by atoms with E-state index in [1.807, 2.05) is 37.0 Å². The highest BCUT2D eigenvalue weighted by molar-refractivity contribution is 9.10. The van der Waals surface area contributed by atoms with Gasteiger partial charge in [-0.1, -0.05) is 0 Å². The minimum atomic E-state index is 0.124. The van der Waals surface area contributed by atoms with Crippen LogP contribution >= 0.6 is 15.9 Å². The number of hydrogen-bond donors (Lipinski definition) is 2. The van der Waals surface area contributed by atoms with Gasteiger partial charge in [-0.2, -0.15) is 5.10 Å². The molecule has 0 spiro atoms. The maximum absolute atomic E-state index is 9.76. The molecule has 2 N–H and O–H groups in total. The van der Waals surface area contributed by atoms with E-state index in [0.717, 1.165) is 17.8 Å². The smallest absolute Gasteiger partial charge is 0.172 e. The van der Waals surface area contributed by atoms with Crippen LogP contribution in [0, 0.1) is 6.92 Å². The zero-order chi connectivity index (χ0) is 14.7. The van der Waals surface area contributed by atoms with Crippen molar-refractivity contribution in [3.05, 3.63) is 39.6 Å². The highest BCUT2D eigenvalue weighted by Gasteiger charge is 2.09. The third-order valence-electron chi connectivity index (χ3n) is 3.07. The number of phenols is 1. The molecule has 1 aromatic carbocycles. The lowest BCUT2D eigenvalue weighted by atomic mass is 10.2. The maximum Gasteiger partial charge on any atom is 0.172 e. The Morgan fingerprint density at radius 2 is 2.15 bits per heavy atom. The predicted molar refractivity (Wildman–Crippen MR) is 80.8 cm³/mol. The molecule has 108 valence electrons. The fourth-order valence-corrected chi connectivity index (χ4v) is 2.54. The number of ether oxygens (including phenoxy) is 1. The molecule has 2 rings (SSSR count). The van der Waals surface area contributed by atoms with Gasteiger partial charge in [0.1, 0.15) is 0 Å². The fraction of sp³-hybridized carbons (Fsp3) is 0.357. The highest BCUT2D eigenvalue weighted by atomic mass is 79.9. The van der Waals surface area contributed by atoms with Crippen LogP contribution < -0.4 is 10.1 Å². The maximum atomic E-state index is 9.76. The number of aryl methyl sites for hydroxylation is 2. The Hall–Kier alpha value is -1.53. The molecular weight excluding hydrogens is 322 g/mol. The molecular formula is C14H18BrN3O2. The molecule has 1 heterocycles. The second-order valence-corrected chi connectivity index (χ2v) is 5.50. The molecule has 0 unspecified atom stereocenters. The average molecular weight is 340 g/mol. The Kier molecular flexibility index (Phi) is 4.67. The van der Waals surface area contributed by atoms with E-state index in [1.165, 1.54) is 12.7 Å². The van der Waals surface area contributed by atoms with E-state index in [-0.39, 0.29) is 5.75 Å². The van der Waals surface area contributed by atoms with Crippen LogP contribution in [0.4, 0.5) is 0 Å². The third-order valence-corrected chi connectivity index (χ3v) is 3.67. The largest absolute Gasteiger partial charge is 0.503 e. The van der Waals surface area contributed by atoms with Crippen molar-refractivity contribution < 1.29 is 9.84 Å². The van der Waals surface area contributed by atoms with Crippen molar-refractivity contribution in [2.24, 2.45) is 7.05 Å². The van der Waals surface area contributed by atoms with E-state index in [1.54, 1.807) is 0 Å². The SMILES string of the molecule is COc1cc(CNCc2cn(C)nc2C)cc(Br)c1O. The summed E-state index contributed by atoms with van der Waals surface area (Å²) in [5.41, 5.74) is 3.25. The number of benzene rings is 1. The van der Waals surface area contributed by atoms with Gasteiger partial charge in [0.25, 0.3) is 0 Å². The molecule has 0 saturated carbocycles. The number of aromatic nitrogens is 2. The average Bonchev–Trinajstić information content (AvgIpc) is 2.72. The van der Waals surface area contributed by atoms with Gasteiger partial charge in [0.2, 0.25) is 0 Å². The summed E-state index contributed by atoms with van der Waals surface area (Å²) >= 11 is 3.32. The van der Waals surface area contributed by atoms with E-state index in [0.29, 0.717) is 16.8 Å². The molecule has 0 aliphatic heterocycles. The molecule has 0 bridgehead atoms. The van der Waals surface area contributed by atoms with Gasteiger partial charge in [0.05, 0.1) is 17.3 Å². The standard InChI is InChI=1S/C14H18BrN3O2/c1-9-11(8-18(2)17-9)7-16-6-10-4-12(15)14(19)13(5-10)20-3/h4-5,8,16,19H,6-7H2,1-3H3. The second kappa shape index (κ2) is 6.28. The van der Waals surface area contributed by atoms with E-state index in [4.69, 9.17) is 4.74 Å². The highest BCUT2D eigenvalue weighted by Crippen LogP contribution is 2.35. The summed E-state index contributed by atoms with van der Waals surface area (Å²) in [7, 11) is 3.45. The van der Waals surface area contributed by atoms with Gasteiger partial charge < -0.3 is 15.2 Å². The fourth-order valence-electron chi connectivity index (χ4n) is 2.05. The summed E-state index contributed by atoms with van der Waals surface area (Å²) in [4.78, 5) is 0. The summed E-state index contributed by atoms with van der Waals surface area (Å²) in [6.07, 6.45) is 2.01. The quantitative estimate of drug-likeness (QED) is 0.878. The van der Waals surface area contributed by atoms with E-state index in [9.17, 15) is 5.11 Å². The summed E-state index contributed by atoms with van der Waals surface area (Å²) in [6, 6.07) is 3.70. The summed E-state index contributed by atoms with van der Waals surface area (Å²) in [6.45, 7) is 3.43. The van der Waals surface area contributed by atoms with Crippen LogP contribution in [0.1, 0.15) is 16.8 Å². The van der Waals surface area contributed by atoms with Crippen molar-refractivity contribution in [2.75, 3.05) is 7.11 Å². The Balaban J connectivity index is 2.01. The predicted octanol–water partition coefficient (Wildman–Crippen LogP) is 2.50. The molecule has 0 atom stereocenters. The first-order valence-electron chi connectivity index (χ1n) is 6.26. The number of aromatic hydroxyl groups is 1. The first kappa shape index (κ1) is 14.9. The van der Waals surface area contributed by atoms with Gasteiger partial charge in [-0.15, -0.1) is 0 Å². The Morgan fingerprint density at radius 1 is 1.40 bits per heavy atom. The minimum Gasteiger partial charge on any atom is -0.503 e. The van der Waals surface area contributed by atoms with E-state index < -0.39 is 0 Å². The normalized spacial score (nSPS) is 10.8. The molecule has 20 heavy (non-hydrogen) atoms. The van der Waals surface area contributed by atoms with Gasteiger partial charge >= 0.3 is 0 Å². The van der Waals surface area contributed by atoms with E-state index in [2.05, 4.69) is 26.3 Å². The zero-order valence-corrected chi connectivity index (χ0v) is 13.4. The lowest BCUT2D eigenvalue weighted by Gasteiger charge is -2.09. The molecule has 0 amide bonds. The Bertz CT molecular complexity index is 611. The lowest BCUT2D eigenvalue weighted by Crippen LogP contribution is -2.13. The molecule has 1 aromatic heterocycles. The van der Waals surface area contributed by atoms with Crippen LogP contribution in [-0.4, -0.2) is 22.0 Å². The first-order chi connectivity index (χ1) is 9.51. The molecule has 0 aliphatic rings. The third kappa shape index (κ3) is 3.32. The molecule has 0 radical (unpaired) electrons. The van der Waals surface area contributed by atoms with Crippen LogP contribution in [0.2, 0.25) is 0 Å². The Labute approximate surface area is 126 Å². The molecule has 5 nitrogen and oxygen atoms in total. The van der Waals surface area contributed by atoms with Gasteiger partial charge in [-0.3, -0.25) is 4.68 Å². The van der Waals surface area contributed by atoms with E-state index >= 15 is 0 Å². The van der Waals surface area contributed by atoms with Crippen molar-refractivity contribution in [1.82, 2.24) is 15.1 Å². The number of methoxy groups -OCH3 is 1. The second-order valence-electron chi connectivity index (χ2n) is 4.65. The monoisotopic (exact) mass is 339 g/mol. The zero-order valence-electron chi connectivity index (χ0n) is 11.8. The summed E-state index contributed by atoms with van der Waals surface area (Å²) in [5.74, 6) is 0.591. The number of nitrogens with zero attached hydrogens (tertiary/aromatic N) is 2. The lowest BCUT2D eigenvalue weighted by molar-refractivity contribution is 0.371. The summed E-state index contributed by atoms with van der Waals surface area (Å²) in [5, 5.41) is 17.4. The molecule has 0 fully saturated rings. The Morgan fingerprint density at radius 3 is 2.75 bits per heavy atom. The van der Waals surface area contributed by atoms with Crippen molar-refractivity contribution in [3.63, 3.8) is 0 Å². The van der Waals surface area contributed by atoms with Gasteiger partial charge in [-0.05, 0) is 40.5 Å². The first-order valence-corrected chi connectivity index (χ1v) is 7.05. The number of phenolic OH excluding ortho intramolecular Hbond substituents is 1. The van der Waals surface area contributed by atoms with Crippen molar-refractivity contribution in [1.29, 1.82) is 0 Å². The summed E-state index contributed by atoms with van der Waals surface area (Å²) < 4.78 is 7.58. The number of halogens is 1. The molecule has 2 aromatic rings. The van der Waals surface area contributed by atoms with Crippen LogP contribution in [-0.2, 0) is 20.1 Å². The number of nitrogens with one attached hydrogen (secondary N) is 1. The van der Waals surface area contributed by atoms with Crippen LogP contribution in [0.3, 0.4) is 0 Å². The van der Waals surface area contributed by atoms with Crippen LogP contribution in [0.15, 0.2) is 22.8 Å². The van der Waals surface area contributed by atoms with Gasteiger partial charge in [0, 0.05) is 31.9 Å². The van der Waals surface area contributed by atoms with Crippen LogP contribution in [0.5, 0.6) is 11.5 Å². The van der Waals surface area contributed by atoms with Gasteiger partial charge in [-0.25, -0.2) is 0 Å². The van der Waals surface area contributed by atoms with Crippen molar-refractivity contribution in [2.45, 2.75) is 20.0 Å². The van der Waals surface area contributed by atoms with Crippen molar-refractivity contribution >= 4 is 15.9 Å². The van der Waals surface area contributed by atoms with Gasteiger partial charge in [0.15, 0.2) is 11.5 Å². The van der Waals surface area contributed by atoms with Crippen molar-refractivity contribution in [3.8, 4) is 11.5 Å². The number of hydrogen-bond acceptors (Lipinski definition) is 4. The molecule has 0 saturated heterocycles.